The van der Waals surface area contributed by atoms with Crippen molar-refractivity contribution < 1.29 is 0 Å². The number of aryl methyl sites for hydroxylation is 1. The van der Waals surface area contributed by atoms with Crippen molar-refractivity contribution in [1.29, 1.82) is 0 Å². The van der Waals surface area contributed by atoms with E-state index in [-0.39, 0.29) is 0 Å². The van der Waals surface area contributed by atoms with E-state index in [1.165, 1.54) is 11.3 Å². The van der Waals surface area contributed by atoms with Crippen molar-refractivity contribution in [2.24, 2.45) is 5.92 Å². The van der Waals surface area contributed by atoms with Crippen LogP contribution in [0, 0.1) is 12.8 Å². The molecular formula is C17H30N4. The highest BCUT2D eigenvalue weighted by Crippen LogP contribution is 2.22. The van der Waals surface area contributed by atoms with Crippen molar-refractivity contribution in [3.63, 3.8) is 0 Å². The van der Waals surface area contributed by atoms with Gasteiger partial charge in [0.2, 0.25) is 0 Å². The fraction of sp³-hybridized carbons (Fsp3) is 0.706. The minimum Gasteiger partial charge on any atom is -0.369 e. The molecule has 0 unspecified atom stereocenters. The molecule has 0 amide bonds. The third kappa shape index (κ3) is 4.68. The van der Waals surface area contributed by atoms with Gasteiger partial charge in [-0.3, -0.25) is 4.98 Å². The van der Waals surface area contributed by atoms with E-state index < -0.39 is 0 Å². The highest BCUT2D eigenvalue weighted by Gasteiger charge is 2.18. The topological polar surface area (TPSA) is 31.4 Å². The maximum Gasteiger partial charge on any atom is 0.0446 e. The summed E-state index contributed by atoms with van der Waals surface area (Å²) in [5.74, 6) is 0.681. The highest BCUT2D eigenvalue weighted by atomic mass is 15.3. The standard InChI is InChI=1S/C17H30N4/c1-5-20-6-8-21(9-7-20)17-10-15(4)19-13-16(17)12-18-11-14(2)3/h10,13-14,18H,5-9,11-12H2,1-4H3. The van der Waals surface area contributed by atoms with E-state index in [0.717, 1.165) is 51.5 Å². The van der Waals surface area contributed by atoms with Crippen LogP contribution in [0.25, 0.3) is 0 Å². The Bertz CT molecular complexity index is 436. The lowest BCUT2D eigenvalue weighted by molar-refractivity contribution is 0.271. The third-order valence-corrected chi connectivity index (χ3v) is 4.13. The van der Waals surface area contributed by atoms with Crippen LogP contribution in [0.15, 0.2) is 12.3 Å². The summed E-state index contributed by atoms with van der Waals surface area (Å²) in [7, 11) is 0. The monoisotopic (exact) mass is 290 g/mol. The van der Waals surface area contributed by atoms with E-state index in [4.69, 9.17) is 0 Å². The van der Waals surface area contributed by atoms with Crippen molar-refractivity contribution in [2.75, 3.05) is 44.2 Å². The summed E-state index contributed by atoms with van der Waals surface area (Å²) in [6.07, 6.45) is 2.05. The number of nitrogens with one attached hydrogen (secondary N) is 1. The molecule has 1 aliphatic rings. The Kier molecular flexibility index (Phi) is 6.00. The van der Waals surface area contributed by atoms with Gasteiger partial charge in [0, 0.05) is 55.9 Å². The summed E-state index contributed by atoms with van der Waals surface area (Å²) in [5, 5.41) is 3.54. The smallest absolute Gasteiger partial charge is 0.0446 e. The minimum absolute atomic E-state index is 0.681. The Morgan fingerprint density at radius 1 is 1.24 bits per heavy atom. The molecule has 118 valence electrons. The zero-order valence-electron chi connectivity index (χ0n) is 14.0. The van der Waals surface area contributed by atoms with Crippen LogP contribution in [0.5, 0.6) is 0 Å². The minimum atomic E-state index is 0.681. The van der Waals surface area contributed by atoms with Crippen LogP contribution in [0.3, 0.4) is 0 Å². The SMILES string of the molecule is CCN1CCN(c2cc(C)ncc2CNCC(C)C)CC1. The van der Waals surface area contributed by atoms with Crippen LogP contribution in [0.2, 0.25) is 0 Å². The molecule has 4 nitrogen and oxygen atoms in total. The predicted molar refractivity (Wildman–Crippen MR) is 89.8 cm³/mol. The predicted octanol–water partition coefficient (Wildman–Crippen LogP) is 2.28. The fourth-order valence-electron chi connectivity index (χ4n) is 2.80. The van der Waals surface area contributed by atoms with Crippen molar-refractivity contribution in [2.45, 2.75) is 34.2 Å². The molecule has 0 spiro atoms. The number of likely N-dealkylation sites (N-methyl/N-ethyl adjacent to an activating group) is 1. The lowest BCUT2D eigenvalue weighted by Crippen LogP contribution is -2.46. The summed E-state index contributed by atoms with van der Waals surface area (Å²) in [6.45, 7) is 16.5. The van der Waals surface area contributed by atoms with Crippen LogP contribution in [-0.2, 0) is 6.54 Å². The van der Waals surface area contributed by atoms with Gasteiger partial charge in [0.1, 0.15) is 0 Å². The van der Waals surface area contributed by atoms with Crippen LogP contribution >= 0.6 is 0 Å². The number of pyridine rings is 1. The second-order valence-electron chi connectivity index (χ2n) is 6.40. The van der Waals surface area contributed by atoms with E-state index in [0.29, 0.717) is 5.92 Å². The largest absolute Gasteiger partial charge is 0.369 e. The molecule has 2 heterocycles. The lowest BCUT2D eigenvalue weighted by Gasteiger charge is -2.36. The van der Waals surface area contributed by atoms with Crippen LogP contribution < -0.4 is 10.2 Å². The van der Waals surface area contributed by atoms with E-state index >= 15 is 0 Å². The first-order valence-corrected chi connectivity index (χ1v) is 8.23. The number of piperazine rings is 1. The van der Waals surface area contributed by atoms with Crippen LogP contribution in [0.4, 0.5) is 5.69 Å². The Labute approximate surface area is 129 Å². The second-order valence-corrected chi connectivity index (χ2v) is 6.40. The van der Waals surface area contributed by atoms with Crippen molar-refractivity contribution in [3.05, 3.63) is 23.5 Å². The zero-order valence-corrected chi connectivity index (χ0v) is 14.0. The second kappa shape index (κ2) is 7.76. The lowest BCUT2D eigenvalue weighted by atomic mass is 10.1. The van der Waals surface area contributed by atoms with Crippen molar-refractivity contribution >= 4 is 5.69 Å². The first-order valence-electron chi connectivity index (χ1n) is 8.23. The molecule has 1 aromatic rings. The molecule has 1 aliphatic heterocycles. The molecule has 1 saturated heterocycles. The van der Waals surface area contributed by atoms with E-state index in [1.54, 1.807) is 0 Å². The van der Waals surface area contributed by atoms with Crippen molar-refractivity contribution in [1.82, 2.24) is 15.2 Å². The van der Waals surface area contributed by atoms with Gasteiger partial charge in [0.15, 0.2) is 0 Å². The summed E-state index contributed by atoms with van der Waals surface area (Å²) < 4.78 is 0. The Morgan fingerprint density at radius 2 is 1.95 bits per heavy atom. The molecule has 1 fully saturated rings. The Morgan fingerprint density at radius 3 is 2.57 bits per heavy atom. The number of nitrogens with zero attached hydrogens (tertiary/aromatic N) is 3. The number of anilines is 1. The van der Waals surface area contributed by atoms with E-state index in [1.807, 2.05) is 6.20 Å². The average molecular weight is 290 g/mol. The molecule has 2 rings (SSSR count). The average Bonchev–Trinajstić information content (AvgIpc) is 2.48. The van der Waals surface area contributed by atoms with Gasteiger partial charge in [-0.25, -0.2) is 0 Å². The molecule has 0 atom stereocenters. The molecular weight excluding hydrogens is 260 g/mol. The number of hydrogen-bond acceptors (Lipinski definition) is 4. The summed E-state index contributed by atoms with van der Waals surface area (Å²) >= 11 is 0. The third-order valence-electron chi connectivity index (χ3n) is 4.13. The Balaban J connectivity index is 2.04. The van der Waals surface area contributed by atoms with Gasteiger partial charge in [0.25, 0.3) is 0 Å². The number of rotatable bonds is 6. The molecule has 0 radical (unpaired) electrons. The maximum atomic E-state index is 4.49. The van der Waals surface area contributed by atoms with Gasteiger partial charge < -0.3 is 15.1 Å². The highest BCUT2D eigenvalue weighted by molar-refractivity contribution is 5.54. The van der Waals surface area contributed by atoms with Crippen molar-refractivity contribution in [3.8, 4) is 0 Å². The molecule has 4 heteroatoms. The number of hydrogen-bond donors (Lipinski definition) is 1. The molecule has 0 aromatic carbocycles. The summed E-state index contributed by atoms with van der Waals surface area (Å²) in [5.41, 5.74) is 3.80. The van der Waals surface area contributed by atoms with Gasteiger partial charge in [-0.05, 0) is 32.0 Å². The molecule has 0 aliphatic carbocycles. The zero-order chi connectivity index (χ0) is 15.2. The van der Waals surface area contributed by atoms with E-state index in [2.05, 4.69) is 53.9 Å². The van der Waals surface area contributed by atoms with Gasteiger partial charge in [-0.15, -0.1) is 0 Å². The quantitative estimate of drug-likeness (QED) is 0.871. The van der Waals surface area contributed by atoms with Crippen LogP contribution in [0.1, 0.15) is 32.0 Å². The van der Waals surface area contributed by atoms with Gasteiger partial charge in [0.05, 0.1) is 0 Å². The van der Waals surface area contributed by atoms with Gasteiger partial charge in [-0.2, -0.15) is 0 Å². The fourth-order valence-corrected chi connectivity index (χ4v) is 2.80. The number of aromatic nitrogens is 1. The first kappa shape index (κ1) is 16.2. The summed E-state index contributed by atoms with van der Waals surface area (Å²) in [6, 6.07) is 2.24. The molecule has 0 bridgehead atoms. The first-order chi connectivity index (χ1) is 10.1. The molecule has 1 N–H and O–H groups in total. The maximum absolute atomic E-state index is 4.49. The molecule has 1 aromatic heterocycles. The Hall–Kier alpha value is -1.13. The van der Waals surface area contributed by atoms with Crippen LogP contribution in [-0.4, -0.2) is 49.2 Å². The normalized spacial score (nSPS) is 16.7. The van der Waals surface area contributed by atoms with Gasteiger partial charge >= 0.3 is 0 Å². The molecule has 21 heavy (non-hydrogen) atoms. The van der Waals surface area contributed by atoms with Gasteiger partial charge in [-0.1, -0.05) is 20.8 Å². The summed E-state index contributed by atoms with van der Waals surface area (Å²) in [4.78, 5) is 9.52. The van der Waals surface area contributed by atoms with E-state index in [9.17, 15) is 0 Å². The molecule has 0 saturated carbocycles.